The van der Waals surface area contributed by atoms with Gasteiger partial charge in [-0.2, -0.15) is 0 Å². The van der Waals surface area contributed by atoms with E-state index in [0.29, 0.717) is 24.6 Å². The molecular weight excluding hydrogens is 268 g/mol. The van der Waals surface area contributed by atoms with Crippen LogP contribution in [0.2, 0.25) is 0 Å². The lowest BCUT2D eigenvalue weighted by molar-refractivity contribution is -0.138. The summed E-state index contributed by atoms with van der Waals surface area (Å²) in [4.78, 5) is 25.1. The highest BCUT2D eigenvalue weighted by molar-refractivity contribution is 6.01. The van der Waals surface area contributed by atoms with Crippen molar-refractivity contribution in [1.82, 2.24) is 5.32 Å². The molecule has 2 amide bonds. The van der Waals surface area contributed by atoms with Crippen molar-refractivity contribution in [2.75, 3.05) is 11.4 Å². The molecule has 1 aromatic rings. The number of fused-ring (bicyclic) bond motifs is 1. The Hall–Kier alpha value is -2.04. The molecule has 114 valence electrons. The number of aliphatic carboxylic acids is 1. The van der Waals surface area contributed by atoms with Crippen molar-refractivity contribution >= 4 is 17.7 Å². The van der Waals surface area contributed by atoms with Gasteiger partial charge in [0, 0.05) is 18.7 Å². The van der Waals surface area contributed by atoms with Gasteiger partial charge in [-0.1, -0.05) is 32.0 Å². The smallest absolute Gasteiger partial charge is 0.327 e. The van der Waals surface area contributed by atoms with Gasteiger partial charge in [-0.25, -0.2) is 9.59 Å². The maximum atomic E-state index is 12.3. The summed E-state index contributed by atoms with van der Waals surface area (Å²) in [7, 11) is 0. The van der Waals surface area contributed by atoms with Gasteiger partial charge in [0.1, 0.15) is 6.04 Å². The SMILES string of the molecule is CC(C)CCCNC(=O)N1c2ccccc2CC1C(=O)O. The number of hydrogen-bond acceptors (Lipinski definition) is 2. The fourth-order valence-electron chi connectivity index (χ4n) is 2.63. The molecular formula is C16H22N2O3. The summed E-state index contributed by atoms with van der Waals surface area (Å²) in [5.41, 5.74) is 1.61. The summed E-state index contributed by atoms with van der Waals surface area (Å²) in [6.45, 7) is 4.85. The van der Waals surface area contributed by atoms with Crippen molar-refractivity contribution in [3.63, 3.8) is 0 Å². The normalized spacial score (nSPS) is 16.9. The van der Waals surface area contributed by atoms with Crippen LogP contribution in [0.5, 0.6) is 0 Å². The number of carbonyl (C=O) groups is 2. The maximum Gasteiger partial charge on any atom is 0.327 e. The third-order valence-electron chi connectivity index (χ3n) is 3.71. The van der Waals surface area contributed by atoms with E-state index in [4.69, 9.17) is 0 Å². The van der Waals surface area contributed by atoms with Gasteiger partial charge >= 0.3 is 12.0 Å². The predicted molar refractivity (Wildman–Crippen MR) is 81.5 cm³/mol. The van der Waals surface area contributed by atoms with Crippen molar-refractivity contribution in [2.45, 2.75) is 39.2 Å². The van der Waals surface area contributed by atoms with E-state index in [0.717, 1.165) is 18.4 Å². The number of rotatable bonds is 5. The van der Waals surface area contributed by atoms with E-state index in [1.54, 1.807) is 6.07 Å². The number of urea groups is 1. The van der Waals surface area contributed by atoms with Crippen LogP contribution in [0.1, 0.15) is 32.3 Å². The van der Waals surface area contributed by atoms with Crippen molar-refractivity contribution in [3.8, 4) is 0 Å². The largest absolute Gasteiger partial charge is 0.480 e. The summed E-state index contributed by atoms with van der Waals surface area (Å²) in [6, 6.07) is 6.22. The molecule has 21 heavy (non-hydrogen) atoms. The van der Waals surface area contributed by atoms with Gasteiger partial charge in [-0.3, -0.25) is 4.90 Å². The first-order valence-corrected chi connectivity index (χ1v) is 7.38. The second-order valence-electron chi connectivity index (χ2n) is 5.82. The Balaban J connectivity index is 2.04. The molecule has 1 aliphatic heterocycles. The Morgan fingerprint density at radius 3 is 2.76 bits per heavy atom. The molecule has 0 bridgehead atoms. The molecule has 0 saturated carbocycles. The molecule has 1 heterocycles. The highest BCUT2D eigenvalue weighted by Crippen LogP contribution is 2.32. The molecule has 2 rings (SSSR count). The van der Waals surface area contributed by atoms with Crippen LogP contribution in [0.4, 0.5) is 10.5 Å². The van der Waals surface area contributed by atoms with Crippen molar-refractivity contribution in [1.29, 1.82) is 0 Å². The van der Waals surface area contributed by atoms with Crippen molar-refractivity contribution < 1.29 is 14.7 Å². The molecule has 1 aliphatic rings. The van der Waals surface area contributed by atoms with E-state index < -0.39 is 12.0 Å². The minimum Gasteiger partial charge on any atom is -0.480 e. The first kappa shape index (κ1) is 15.4. The van der Waals surface area contributed by atoms with Crippen LogP contribution in [0.15, 0.2) is 24.3 Å². The van der Waals surface area contributed by atoms with Gasteiger partial charge in [-0.05, 0) is 30.4 Å². The number of carboxylic acid groups (broad SMARTS) is 1. The summed E-state index contributed by atoms with van der Waals surface area (Å²) < 4.78 is 0. The standard InChI is InChI=1S/C16H22N2O3/c1-11(2)6-5-9-17-16(21)18-13-8-4-3-7-12(13)10-14(18)15(19)20/h3-4,7-8,11,14H,5-6,9-10H2,1-2H3,(H,17,21)(H,19,20). The number of hydrogen-bond donors (Lipinski definition) is 2. The Morgan fingerprint density at radius 1 is 1.38 bits per heavy atom. The van der Waals surface area contributed by atoms with Crippen LogP contribution in [0.3, 0.4) is 0 Å². The molecule has 0 fully saturated rings. The lowest BCUT2D eigenvalue weighted by atomic mass is 10.1. The second kappa shape index (κ2) is 6.61. The van der Waals surface area contributed by atoms with E-state index in [9.17, 15) is 14.7 Å². The van der Waals surface area contributed by atoms with Crippen LogP contribution in [-0.2, 0) is 11.2 Å². The van der Waals surface area contributed by atoms with E-state index in [1.165, 1.54) is 4.90 Å². The molecule has 0 aliphatic carbocycles. The number of carbonyl (C=O) groups excluding carboxylic acids is 1. The second-order valence-corrected chi connectivity index (χ2v) is 5.82. The van der Waals surface area contributed by atoms with E-state index >= 15 is 0 Å². The highest BCUT2D eigenvalue weighted by atomic mass is 16.4. The topological polar surface area (TPSA) is 69.6 Å². The van der Waals surface area contributed by atoms with Crippen LogP contribution in [0.25, 0.3) is 0 Å². The first-order chi connectivity index (χ1) is 10.0. The average molecular weight is 290 g/mol. The molecule has 1 atom stereocenters. The van der Waals surface area contributed by atoms with Gasteiger partial charge < -0.3 is 10.4 Å². The molecule has 0 radical (unpaired) electrons. The molecule has 0 saturated heterocycles. The van der Waals surface area contributed by atoms with E-state index in [1.807, 2.05) is 18.2 Å². The summed E-state index contributed by atoms with van der Waals surface area (Å²) in [5, 5.41) is 12.2. The molecule has 5 nitrogen and oxygen atoms in total. The maximum absolute atomic E-state index is 12.3. The lowest BCUT2D eigenvalue weighted by Crippen LogP contribution is -2.48. The molecule has 1 unspecified atom stereocenters. The third kappa shape index (κ3) is 3.54. The molecule has 0 aromatic heterocycles. The highest BCUT2D eigenvalue weighted by Gasteiger charge is 2.38. The van der Waals surface area contributed by atoms with Crippen LogP contribution in [-0.4, -0.2) is 29.7 Å². The first-order valence-electron chi connectivity index (χ1n) is 7.38. The van der Waals surface area contributed by atoms with Crippen molar-refractivity contribution in [3.05, 3.63) is 29.8 Å². The van der Waals surface area contributed by atoms with Crippen molar-refractivity contribution in [2.24, 2.45) is 5.92 Å². The Labute approximate surface area is 125 Å². The number of amides is 2. The van der Waals surface area contributed by atoms with E-state index in [2.05, 4.69) is 19.2 Å². The number of nitrogens with zero attached hydrogens (tertiary/aromatic N) is 1. The summed E-state index contributed by atoms with van der Waals surface area (Å²) in [6.07, 6.45) is 2.31. The third-order valence-corrected chi connectivity index (χ3v) is 3.71. The van der Waals surface area contributed by atoms with Crippen LogP contribution >= 0.6 is 0 Å². The predicted octanol–water partition coefficient (Wildman–Crippen LogP) is 2.65. The fraction of sp³-hybridized carbons (Fsp3) is 0.500. The molecule has 2 N–H and O–H groups in total. The quantitative estimate of drug-likeness (QED) is 0.819. The van der Waals surface area contributed by atoms with Gasteiger partial charge in [0.15, 0.2) is 0 Å². The number of para-hydroxylation sites is 1. The molecule has 5 heteroatoms. The number of nitrogens with one attached hydrogen (secondary N) is 1. The zero-order valence-electron chi connectivity index (χ0n) is 12.5. The average Bonchev–Trinajstić information content (AvgIpc) is 2.83. The van der Waals surface area contributed by atoms with Gasteiger partial charge in [0.25, 0.3) is 0 Å². The van der Waals surface area contributed by atoms with Gasteiger partial charge in [-0.15, -0.1) is 0 Å². The fourth-order valence-corrected chi connectivity index (χ4v) is 2.63. The van der Waals surface area contributed by atoms with Gasteiger partial charge in [0.2, 0.25) is 0 Å². The number of anilines is 1. The van der Waals surface area contributed by atoms with Crippen LogP contribution < -0.4 is 10.2 Å². The zero-order chi connectivity index (χ0) is 15.4. The minimum atomic E-state index is -0.969. The Kier molecular flexibility index (Phi) is 4.83. The summed E-state index contributed by atoms with van der Waals surface area (Å²) >= 11 is 0. The summed E-state index contributed by atoms with van der Waals surface area (Å²) in [5.74, 6) is -0.371. The Bertz CT molecular complexity index is 528. The number of carboxylic acids is 1. The van der Waals surface area contributed by atoms with E-state index in [-0.39, 0.29) is 6.03 Å². The van der Waals surface area contributed by atoms with Gasteiger partial charge in [0.05, 0.1) is 0 Å². The minimum absolute atomic E-state index is 0.323. The number of benzene rings is 1. The van der Waals surface area contributed by atoms with Crippen LogP contribution in [0, 0.1) is 5.92 Å². The monoisotopic (exact) mass is 290 g/mol. The molecule has 1 aromatic carbocycles. The lowest BCUT2D eigenvalue weighted by Gasteiger charge is -2.23. The molecule has 0 spiro atoms. The Morgan fingerprint density at radius 2 is 2.10 bits per heavy atom. The zero-order valence-corrected chi connectivity index (χ0v) is 12.5.